The van der Waals surface area contributed by atoms with Crippen LogP contribution in [0.4, 0.5) is 0 Å². The molecule has 2 atom stereocenters. The van der Waals surface area contributed by atoms with Crippen LogP contribution in [0.5, 0.6) is 0 Å². The molecule has 0 aliphatic carbocycles. The van der Waals surface area contributed by atoms with Crippen LogP contribution in [-0.2, 0) is 28.6 Å². The maximum atomic E-state index is 12.7. The summed E-state index contributed by atoms with van der Waals surface area (Å²) in [5.41, 5.74) is 0. The minimum Gasteiger partial charge on any atom is -0.477 e. The highest BCUT2D eigenvalue weighted by Gasteiger charge is 2.31. The van der Waals surface area contributed by atoms with Gasteiger partial charge in [-0.05, 0) is 38.5 Å². The van der Waals surface area contributed by atoms with E-state index in [2.05, 4.69) is 26.0 Å². The molecular formula is C43H82NO7+. The molecule has 0 fully saturated rings. The topological polar surface area (TPSA) is 99.1 Å². The average Bonchev–Trinajstić information content (AvgIpc) is 3.08. The summed E-state index contributed by atoms with van der Waals surface area (Å²) in [7, 11) is 5.52. The number of hydrogen-bond acceptors (Lipinski definition) is 6. The standard InChI is InChI=1S/C43H81NO7/c1-6-8-10-12-14-15-16-17-18-19-20-21-22-23-24-25-26-27-28-30-32-34-42(46)51-39(37-49-36-35-40(43(47)48)44(3,4)5)38-50-41(45)33-31-29-13-11-9-7-2/h19-20,39-40H,6-18,21-38H2,1-5H3/p+1/b20-19-. The molecule has 51 heavy (non-hydrogen) atoms. The first-order chi connectivity index (χ1) is 24.6. The maximum Gasteiger partial charge on any atom is 0.362 e. The second kappa shape index (κ2) is 35.1. The van der Waals surface area contributed by atoms with Crippen molar-refractivity contribution in [1.82, 2.24) is 0 Å². The van der Waals surface area contributed by atoms with Crippen LogP contribution in [0.1, 0.15) is 194 Å². The van der Waals surface area contributed by atoms with Crippen molar-refractivity contribution in [1.29, 1.82) is 0 Å². The van der Waals surface area contributed by atoms with Crippen LogP contribution in [0, 0.1) is 0 Å². The molecular weight excluding hydrogens is 642 g/mol. The van der Waals surface area contributed by atoms with E-state index in [1.165, 1.54) is 122 Å². The van der Waals surface area contributed by atoms with E-state index in [4.69, 9.17) is 14.2 Å². The number of carboxylic acid groups (broad SMARTS) is 1. The van der Waals surface area contributed by atoms with E-state index in [-0.39, 0.29) is 36.2 Å². The molecule has 8 heteroatoms. The van der Waals surface area contributed by atoms with Gasteiger partial charge in [0.2, 0.25) is 0 Å². The lowest BCUT2D eigenvalue weighted by atomic mass is 10.1. The quantitative estimate of drug-likeness (QED) is 0.0293. The van der Waals surface area contributed by atoms with Crippen molar-refractivity contribution >= 4 is 17.9 Å². The Morgan fingerprint density at radius 3 is 1.41 bits per heavy atom. The summed E-state index contributed by atoms with van der Waals surface area (Å²) in [5, 5.41) is 9.57. The van der Waals surface area contributed by atoms with Gasteiger partial charge in [0.15, 0.2) is 12.1 Å². The van der Waals surface area contributed by atoms with Gasteiger partial charge in [0, 0.05) is 19.3 Å². The van der Waals surface area contributed by atoms with Crippen molar-refractivity contribution in [2.24, 2.45) is 0 Å². The van der Waals surface area contributed by atoms with Gasteiger partial charge in [0.25, 0.3) is 0 Å². The lowest BCUT2D eigenvalue weighted by Gasteiger charge is -2.31. The number of carboxylic acids is 1. The summed E-state index contributed by atoms with van der Waals surface area (Å²) < 4.78 is 17.2. The molecule has 0 heterocycles. The average molecular weight is 725 g/mol. The van der Waals surface area contributed by atoms with Crippen molar-refractivity contribution < 1.29 is 38.2 Å². The van der Waals surface area contributed by atoms with Crippen LogP contribution < -0.4 is 0 Å². The highest BCUT2D eigenvalue weighted by molar-refractivity contribution is 5.72. The number of likely N-dealkylation sites (N-methyl/N-ethyl adjacent to an activating group) is 1. The fraction of sp³-hybridized carbons (Fsp3) is 0.884. The zero-order valence-corrected chi connectivity index (χ0v) is 34.1. The molecule has 300 valence electrons. The van der Waals surface area contributed by atoms with Gasteiger partial charge in [-0.2, -0.15) is 0 Å². The molecule has 0 saturated heterocycles. The normalized spacial score (nSPS) is 13.0. The molecule has 0 bridgehead atoms. The third-order valence-electron chi connectivity index (χ3n) is 9.66. The summed E-state index contributed by atoms with van der Waals surface area (Å²) in [6.45, 7) is 4.68. The van der Waals surface area contributed by atoms with Crippen LogP contribution in [0.3, 0.4) is 0 Å². The third-order valence-corrected chi connectivity index (χ3v) is 9.66. The molecule has 0 aliphatic rings. The molecule has 0 spiro atoms. The number of hydrogen-bond donors (Lipinski definition) is 1. The van der Waals surface area contributed by atoms with Crippen LogP contribution in [0.25, 0.3) is 0 Å². The molecule has 0 radical (unpaired) electrons. The fourth-order valence-electron chi connectivity index (χ4n) is 6.32. The summed E-state index contributed by atoms with van der Waals surface area (Å²) in [4.78, 5) is 36.7. The number of carbonyl (C=O) groups excluding carboxylic acids is 2. The van der Waals surface area contributed by atoms with Gasteiger partial charge in [0.1, 0.15) is 6.61 Å². The van der Waals surface area contributed by atoms with Crippen molar-refractivity contribution in [2.45, 2.75) is 206 Å². The van der Waals surface area contributed by atoms with Crippen LogP contribution in [-0.4, -0.2) is 80.6 Å². The summed E-state index contributed by atoms with van der Waals surface area (Å²) in [6.07, 6.45) is 35.7. The molecule has 2 unspecified atom stereocenters. The second-order valence-electron chi connectivity index (χ2n) is 15.6. The van der Waals surface area contributed by atoms with E-state index in [0.29, 0.717) is 19.3 Å². The minimum atomic E-state index is -0.875. The molecule has 0 amide bonds. The van der Waals surface area contributed by atoms with E-state index in [9.17, 15) is 19.5 Å². The van der Waals surface area contributed by atoms with Crippen molar-refractivity contribution in [3.63, 3.8) is 0 Å². The highest BCUT2D eigenvalue weighted by Crippen LogP contribution is 2.15. The predicted octanol–water partition coefficient (Wildman–Crippen LogP) is 11.1. The summed E-state index contributed by atoms with van der Waals surface area (Å²) in [5.74, 6) is -1.47. The molecule has 0 aromatic rings. The number of aliphatic carboxylic acids is 1. The maximum absolute atomic E-state index is 12.7. The summed E-state index contributed by atoms with van der Waals surface area (Å²) in [6, 6.07) is -0.609. The monoisotopic (exact) mass is 725 g/mol. The van der Waals surface area contributed by atoms with E-state index >= 15 is 0 Å². The number of rotatable bonds is 38. The van der Waals surface area contributed by atoms with Gasteiger partial charge in [-0.3, -0.25) is 9.59 Å². The van der Waals surface area contributed by atoms with E-state index < -0.39 is 18.1 Å². The lowest BCUT2D eigenvalue weighted by molar-refractivity contribution is -0.887. The van der Waals surface area contributed by atoms with E-state index in [1.807, 2.05) is 21.1 Å². The first-order valence-electron chi connectivity index (χ1n) is 21.2. The number of esters is 2. The van der Waals surface area contributed by atoms with Gasteiger partial charge in [0.05, 0.1) is 34.4 Å². The summed E-state index contributed by atoms with van der Waals surface area (Å²) >= 11 is 0. The molecule has 8 nitrogen and oxygen atoms in total. The SMILES string of the molecule is CCCCCCCCCC/C=C\CCCCCCCCCCCC(=O)OC(COCCC(C(=O)O)[N+](C)(C)C)COC(=O)CCCCCCCC. The van der Waals surface area contributed by atoms with E-state index in [0.717, 1.165) is 38.5 Å². The van der Waals surface area contributed by atoms with Gasteiger partial charge in [-0.1, -0.05) is 148 Å². The second-order valence-corrected chi connectivity index (χ2v) is 15.6. The van der Waals surface area contributed by atoms with Gasteiger partial charge < -0.3 is 23.8 Å². The molecule has 0 rings (SSSR count). The molecule has 0 saturated carbocycles. The number of unbranched alkanes of at least 4 members (excludes halogenated alkanes) is 22. The number of nitrogens with zero attached hydrogens (tertiary/aromatic N) is 1. The zero-order valence-electron chi connectivity index (χ0n) is 34.1. The van der Waals surface area contributed by atoms with Crippen molar-refractivity contribution in [3.05, 3.63) is 12.2 Å². The smallest absolute Gasteiger partial charge is 0.362 e. The Morgan fingerprint density at radius 2 is 0.980 bits per heavy atom. The van der Waals surface area contributed by atoms with Crippen molar-refractivity contribution in [2.75, 3.05) is 41.0 Å². The Bertz CT molecular complexity index is 854. The van der Waals surface area contributed by atoms with Crippen LogP contribution in [0.2, 0.25) is 0 Å². The minimum absolute atomic E-state index is 0.0479. The zero-order chi connectivity index (χ0) is 37.8. The van der Waals surface area contributed by atoms with Gasteiger partial charge in [-0.25, -0.2) is 4.79 Å². The Labute approximate surface area is 314 Å². The Balaban J connectivity index is 4.15. The first-order valence-corrected chi connectivity index (χ1v) is 21.2. The Kier molecular flexibility index (Phi) is 33.8. The molecule has 0 aromatic carbocycles. The largest absolute Gasteiger partial charge is 0.477 e. The lowest BCUT2D eigenvalue weighted by Crippen LogP contribution is -2.50. The number of ether oxygens (including phenoxy) is 3. The number of carbonyl (C=O) groups is 3. The molecule has 1 N–H and O–H groups in total. The van der Waals surface area contributed by atoms with E-state index in [1.54, 1.807) is 0 Å². The number of quaternary nitrogens is 1. The third kappa shape index (κ3) is 33.6. The van der Waals surface area contributed by atoms with Gasteiger partial charge >= 0.3 is 17.9 Å². The molecule has 0 aliphatic heterocycles. The Hall–Kier alpha value is -1.93. The highest BCUT2D eigenvalue weighted by atomic mass is 16.6. The van der Waals surface area contributed by atoms with Crippen LogP contribution in [0.15, 0.2) is 12.2 Å². The Morgan fingerprint density at radius 1 is 0.569 bits per heavy atom. The van der Waals surface area contributed by atoms with Gasteiger partial charge in [-0.15, -0.1) is 0 Å². The van der Waals surface area contributed by atoms with Crippen molar-refractivity contribution in [3.8, 4) is 0 Å². The first kappa shape index (κ1) is 49.1. The number of allylic oxidation sites excluding steroid dienone is 2. The van der Waals surface area contributed by atoms with Crippen LogP contribution >= 0.6 is 0 Å². The molecule has 0 aromatic heterocycles. The fourth-order valence-corrected chi connectivity index (χ4v) is 6.32. The predicted molar refractivity (Wildman–Crippen MR) is 211 cm³/mol.